The number of hydrogen-bond donors (Lipinski definition) is 1. The van der Waals surface area contributed by atoms with E-state index in [1.54, 1.807) is 26.9 Å². The zero-order valence-corrected chi connectivity index (χ0v) is 28.6. The second-order valence-corrected chi connectivity index (χ2v) is 13.1. The highest BCUT2D eigenvalue weighted by Gasteiger charge is 2.31. The van der Waals surface area contributed by atoms with Crippen molar-refractivity contribution in [2.24, 2.45) is 0 Å². The fourth-order valence-corrected chi connectivity index (χ4v) is 7.60. The van der Waals surface area contributed by atoms with Crippen LogP contribution in [0.4, 0.5) is 14.6 Å². The van der Waals surface area contributed by atoms with Crippen LogP contribution in [0.15, 0.2) is 42.9 Å². The van der Waals surface area contributed by atoms with Crippen LogP contribution in [-0.2, 0) is 11.3 Å². The molecule has 2 saturated heterocycles. The first-order valence-electron chi connectivity index (χ1n) is 17.5. The Morgan fingerprint density at radius 3 is 2.64 bits per heavy atom. The largest absolute Gasteiger partial charge is 0.493 e. The maximum Gasteiger partial charge on any atom is 0.270 e. The number of nitrogens with one attached hydrogen (secondary N) is 1. The first kappa shape index (κ1) is 33.6. The third kappa shape index (κ3) is 6.68. The van der Waals surface area contributed by atoms with Crippen LogP contribution in [0.5, 0.6) is 5.75 Å². The number of methoxy groups -OCH3 is 1. The summed E-state index contributed by atoms with van der Waals surface area (Å²) in [5, 5.41) is 8.48. The van der Waals surface area contributed by atoms with Crippen molar-refractivity contribution in [2.45, 2.75) is 51.6 Å². The molecule has 14 heteroatoms. The lowest BCUT2D eigenvalue weighted by Gasteiger charge is -2.36. The molecule has 3 aromatic heterocycles. The van der Waals surface area contributed by atoms with E-state index in [1.807, 2.05) is 23.1 Å². The van der Waals surface area contributed by atoms with Gasteiger partial charge in [0, 0.05) is 74.9 Å². The van der Waals surface area contributed by atoms with Crippen molar-refractivity contribution < 1.29 is 23.1 Å². The minimum Gasteiger partial charge on any atom is -0.493 e. The number of piperidine rings is 1. The van der Waals surface area contributed by atoms with E-state index in [-0.39, 0.29) is 24.3 Å². The first-order valence-corrected chi connectivity index (χ1v) is 17.5. The monoisotopic (exact) mass is 687 g/mol. The van der Waals surface area contributed by atoms with Crippen molar-refractivity contribution in [3.63, 3.8) is 0 Å². The molecule has 2 amide bonds. The van der Waals surface area contributed by atoms with Crippen LogP contribution in [0.2, 0.25) is 0 Å². The molecule has 50 heavy (non-hydrogen) atoms. The summed E-state index contributed by atoms with van der Waals surface area (Å²) < 4.78 is 37.4. The molecule has 12 nitrogen and oxygen atoms in total. The van der Waals surface area contributed by atoms with E-state index in [0.29, 0.717) is 80.6 Å². The second kappa shape index (κ2) is 14.6. The summed E-state index contributed by atoms with van der Waals surface area (Å²) in [6.07, 6.45) is 10.5. The Hall–Kier alpha value is -4.85. The van der Waals surface area contributed by atoms with Gasteiger partial charge in [-0.3, -0.25) is 19.2 Å². The Balaban J connectivity index is 1.16. The third-order valence-electron chi connectivity index (χ3n) is 10.3. The van der Waals surface area contributed by atoms with Crippen molar-refractivity contribution in [1.29, 1.82) is 0 Å². The van der Waals surface area contributed by atoms with E-state index < -0.39 is 11.6 Å². The number of hydrogen-bond acceptors (Lipinski definition) is 8. The highest BCUT2D eigenvalue weighted by Crippen LogP contribution is 2.40. The molecule has 3 aliphatic heterocycles. The highest BCUT2D eigenvalue weighted by atomic mass is 19.1. The summed E-state index contributed by atoms with van der Waals surface area (Å²) in [6.45, 7) is 7.08. The van der Waals surface area contributed by atoms with Crippen LogP contribution in [0.1, 0.15) is 66.7 Å². The van der Waals surface area contributed by atoms with Gasteiger partial charge in [-0.1, -0.05) is 24.6 Å². The molecule has 0 saturated carbocycles. The Kier molecular flexibility index (Phi) is 9.79. The molecule has 0 radical (unpaired) electrons. The summed E-state index contributed by atoms with van der Waals surface area (Å²) in [5.41, 5.74) is 2.90. The van der Waals surface area contributed by atoms with E-state index in [9.17, 15) is 14.0 Å². The summed E-state index contributed by atoms with van der Waals surface area (Å²) in [4.78, 5) is 42.5. The molecule has 3 aliphatic rings. The van der Waals surface area contributed by atoms with E-state index >= 15 is 4.39 Å². The number of fused-ring (bicyclic) bond motifs is 1. The van der Waals surface area contributed by atoms with Gasteiger partial charge in [0.15, 0.2) is 17.4 Å². The molecule has 1 N–H and O–H groups in total. The number of amides is 2. The van der Waals surface area contributed by atoms with Crippen molar-refractivity contribution in [3.05, 3.63) is 71.3 Å². The van der Waals surface area contributed by atoms with Gasteiger partial charge in [0.05, 0.1) is 31.6 Å². The number of aryl methyl sites for hydroxylation is 1. The first-order chi connectivity index (χ1) is 24.3. The van der Waals surface area contributed by atoms with Crippen molar-refractivity contribution in [3.8, 4) is 5.75 Å². The number of anilines is 1. The standard InChI is InChI=1S/C36H43F2N9O3/c1-3-43-11-5-4-8-30(43)27-20-26(24-7-6-12-46(23-24)32(48)9-13-47-14-10-40-42-47)33(38)34-28(27)21-29(41-34)36(49)45-17-15-44(16-18-45)35-31(50-2)19-25(37)22-39-35/h7,10,14,19-22,30,41H,3-6,8-9,11-13,15-18,23H2,1-2H3. The molecule has 4 aromatic rings. The molecular formula is C36H43F2N9O3. The molecule has 264 valence electrons. The van der Waals surface area contributed by atoms with Gasteiger partial charge < -0.3 is 24.4 Å². The molecule has 2 fully saturated rings. The Labute approximate surface area is 289 Å². The average Bonchev–Trinajstić information content (AvgIpc) is 3.85. The van der Waals surface area contributed by atoms with Gasteiger partial charge in [-0.05, 0) is 55.6 Å². The van der Waals surface area contributed by atoms with Gasteiger partial charge in [0.1, 0.15) is 11.5 Å². The lowest BCUT2D eigenvalue weighted by atomic mass is 9.89. The number of carbonyl (C=O) groups excluding carboxylic acids is 2. The van der Waals surface area contributed by atoms with Gasteiger partial charge in [0.2, 0.25) is 5.91 Å². The van der Waals surface area contributed by atoms with Crippen molar-refractivity contribution >= 4 is 34.1 Å². The maximum absolute atomic E-state index is 16.7. The number of halogens is 2. The van der Waals surface area contributed by atoms with Crippen LogP contribution in [-0.4, -0.2) is 111 Å². The van der Waals surface area contributed by atoms with Crippen LogP contribution in [0, 0.1) is 11.6 Å². The summed E-state index contributed by atoms with van der Waals surface area (Å²) in [6, 6.07) is 5.17. The Morgan fingerprint density at radius 1 is 1.04 bits per heavy atom. The van der Waals surface area contributed by atoms with Crippen molar-refractivity contribution in [1.82, 2.24) is 39.7 Å². The number of pyridine rings is 1. The van der Waals surface area contributed by atoms with E-state index in [2.05, 4.69) is 32.1 Å². The van der Waals surface area contributed by atoms with Crippen LogP contribution >= 0.6 is 0 Å². The topological polar surface area (TPSA) is 116 Å². The molecule has 6 heterocycles. The van der Waals surface area contributed by atoms with Gasteiger partial charge in [-0.15, -0.1) is 5.10 Å². The normalized spacial score (nSPS) is 18.8. The molecule has 1 atom stereocenters. The fourth-order valence-electron chi connectivity index (χ4n) is 7.60. The lowest BCUT2D eigenvalue weighted by Crippen LogP contribution is -2.49. The van der Waals surface area contributed by atoms with Crippen LogP contribution in [0.25, 0.3) is 16.5 Å². The summed E-state index contributed by atoms with van der Waals surface area (Å²) in [7, 11) is 1.48. The number of carbonyl (C=O) groups is 2. The van der Waals surface area contributed by atoms with Gasteiger partial charge in [-0.2, -0.15) is 0 Å². The molecular weight excluding hydrogens is 644 g/mol. The molecule has 0 aliphatic carbocycles. The Bertz CT molecular complexity index is 1880. The number of benzene rings is 1. The van der Waals surface area contributed by atoms with E-state index in [1.165, 1.54) is 13.2 Å². The Morgan fingerprint density at radius 2 is 1.88 bits per heavy atom. The van der Waals surface area contributed by atoms with E-state index in [0.717, 1.165) is 55.1 Å². The van der Waals surface area contributed by atoms with Crippen LogP contribution in [0.3, 0.4) is 0 Å². The molecule has 0 bridgehead atoms. The zero-order chi connectivity index (χ0) is 34.8. The number of H-pyrrole nitrogens is 1. The van der Waals surface area contributed by atoms with E-state index in [4.69, 9.17) is 4.74 Å². The predicted octanol–water partition coefficient (Wildman–Crippen LogP) is 4.66. The predicted molar refractivity (Wildman–Crippen MR) is 185 cm³/mol. The third-order valence-corrected chi connectivity index (χ3v) is 10.3. The smallest absolute Gasteiger partial charge is 0.270 e. The van der Waals surface area contributed by atoms with Crippen LogP contribution < -0.4 is 9.64 Å². The van der Waals surface area contributed by atoms with Gasteiger partial charge in [0.25, 0.3) is 5.91 Å². The lowest BCUT2D eigenvalue weighted by molar-refractivity contribution is -0.131. The van der Waals surface area contributed by atoms with Gasteiger partial charge in [-0.25, -0.2) is 13.8 Å². The second-order valence-electron chi connectivity index (χ2n) is 13.1. The molecule has 0 spiro atoms. The minimum absolute atomic E-state index is 0.0150. The highest BCUT2D eigenvalue weighted by molar-refractivity contribution is 6.00. The maximum atomic E-state index is 16.7. The summed E-state index contributed by atoms with van der Waals surface area (Å²) in [5.74, 6) is -0.235. The zero-order valence-electron chi connectivity index (χ0n) is 28.6. The fraction of sp³-hybridized carbons (Fsp3) is 0.472. The number of aromatic amines is 1. The molecule has 1 aromatic carbocycles. The minimum atomic E-state index is -0.478. The molecule has 1 unspecified atom stereocenters. The van der Waals surface area contributed by atoms with Gasteiger partial charge >= 0.3 is 0 Å². The van der Waals surface area contributed by atoms with Crippen molar-refractivity contribution in [2.75, 3.05) is 64.4 Å². The number of piperazine rings is 1. The average molecular weight is 688 g/mol. The number of likely N-dealkylation sites (tertiary alicyclic amines) is 1. The number of rotatable bonds is 9. The number of nitrogens with zero attached hydrogens (tertiary/aromatic N) is 8. The number of aromatic nitrogens is 5. The quantitative estimate of drug-likeness (QED) is 0.271. The summed E-state index contributed by atoms with van der Waals surface area (Å²) >= 11 is 0. The molecule has 7 rings (SSSR count). The SMILES string of the molecule is CCN1CCCCC1c1cc(C2=CCCN(C(=O)CCn3ccnn3)C2)c(F)c2[nH]c(C(=O)N3CCN(c4ncc(F)cc4OC)CC3)cc12. The number of ether oxygens (including phenoxy) is 1.